The number of nitrogens with zero attached hydrogens (tertiary/aromatic N) is 1. The fourth-order valence-corrected chi connectivity index (χ4v) is 3.13. The van der Waals surface area contributed by atoms with Gasteiger partial charge in [-0.3, -0.25) is 9.59 Å². The summed E-state index contributed by atoms with van der Waals surface area (Å²) in [6.45, 7) is 2.27. The Morgan fingerprint density at radius 3 is 2.90 bits per heavy atom. The van der Waals surface area contributed by atoms with Crippen molar-refractivity contribution < 1.29 is 14.3 Å². The maximum absolute atomic E-state index is 12.3. The van der Waals surface area contributed by atoms with Crippen molar-refractivity contribution in [2.24, 2.45) is 0 Å². The number of hydrogen-bond donors (Lipinski definition) is 1. The van der Waals surface area contributed by atoms with Gasteiger partial charge in [0.15, 0.2) is 0 Å². The highest BCUT2D eigenvalue weighted by Crippen LogP contribution is 2.40. The Balaban J connectivity index is 2.16. The molecule has 1 unspecified atom stereocenters. The van der Waals surface area contributed by atoms with Gasteiger partial charge in [-0.25, -0.2) is 0 Å². The number of hydrogen-bond acceptors (Lipinski definition) is 4. The van der Waals surface area contributed by atoms with Crippen molar-refractivity contribution in [2.45, 2.75) is 17.9 Å². The fourth-order valence-electron chi connectivity index (χ4n) is 2.04. The first kappa shape index (κ1) is 15.6. The maximum Gasteiger partial charge on any atom is 0.265 e. The second-order valence-corrected chi connectivity index (χ2v) is 5.89. The summed E-state index contributed by atoms with van der Waals surface area (Å²) >= 11 is 1.32. The molecule has 1 heterocycles. The first-order chi connectivity index (χ1) is 10.0. The van der Waals surface area contributed by atoms with E-state index < -0.39 is 0 Å². The predicted octanol–water partition coefficient (Wildman–Crippen LogP) is 1.79. The molecule has 0 bridgehead atoms. The van der Waals surface area contributed by atoms with Crippen molar-refractivity contribution in [2.75, 3.05) is 25.7 Å². The molecule has 21 heavy (non-hydrogen) atoms. The zero-order chi connectivity index (χ0) is 15.4. The lowest BCUT2D eigenvalue weighted by atomic mass is 10.2. The molecule has 1 aromatic rings. The van der Waals surface area contributed by atoms with Crippen LogP contribution in [0.15, 0.2) is 40.1 Å². The number of fused-ring (bicyclic) bond motifs is 1. The summed E-state index contributed by atoms with van der Waals surface area (Å²) in [5.41, 5.74) is 0.859. The Bertz CT molecular complexity index is 586. The molecule has 1 aliphatic rings. The summed E-state index contributed by atoms with van der Waals surface area (Å²) in [6.07, 6.45) is 1.35. The molecule has 0 spiro atoms. The number of amides is 2. The Morgan fingerprint density at radius 2 is 2.19 bits per heavy atom. The van der Waals surface area contributed by atoms with Gasteiger partial charge in [0, 0.05) is 31.2 Å². The zero-order valence-electron chi connectivity index (χ0n) is 12.3. The lowest BCUT2D eigenvalue weighted by Crippen LogP contribution is -2.36. The quantitative estimate of drug-likeness (QED) is 0.862. The van der Waals surface area contributed by atoms with Crippen LogP contribution in [0.3, 0.4) is 0 Å². The Labute approximate surface area is 128 Å². The summed E-state index contributed by atoms with van der Waals surface area (Å²) in [5, 5.41) is 2.76. The summed E-state index contributed by atoms with van der Waals surface area (Å²) in [4.78, 5) is 27.1. The molecule has 0 radical (unpaired) electrons. The van der Waals surface area contributed by atoms with Gasteiger partial charge in [-0.05, 0) is 19.1 Å². The van der Waals surface area contributed by atoms with Crippen LogP contribution < -0.4 is 10.2 Å². The number of carbonyl (C=O) groups is 2. The molecule has 6 heteroatoms. The number of benzene rings is 1. The van der Waals surface area contributed by atoms with Gasteiger partial charge in [0.05, 0.1) is 17.2 Å². The number of rotatable bonds is 4. The molecule has 112 valence electrons. The van der Waals surface area contributed by atoms with E-state index in [1.54, 1.807) is 19.1 Å². The minimum atomic E-state index is -0.289. The summed E-state index contributed by atoms with van der Waals surface area (Å²) in [6, 6.07) is 7.51. The van der Waals surface area contributed by atoms with Crippen LogP contribution in [0.1, 0.15) is 6.92 Å². The van der Waals surface area contributed by atoms with E-state index in [0.717, 1.165) is 10.6 Å². The SMILES string of the molecule is COCC(C)NC(=O)C=C1Sc2ccccc2N(C)C1=O. The third-order valence-electron chi connectivity index (χ3n) is 3.03. The highest BCUT2D eigenvalue weighted by atomic mass is 32.2. The number of carbonyl (C=O) groups excluding carboxylic acids is 2. The van der Waals surface area contributed by atoms with Crippen LogP contribution in [0.2, 0.25) is 0 Å². The van der Waals surface area contributed by atoms with Crippen LogP contribution in [-0.4, -0.2) is 38.6 Å². The molecule has 0 saturated carbocycles. The monoisotopic (exact) mass is 306 g/mol. The van der Waals surface area contributed by atoms with E-state index in [-0.39, 0.29) is 17.9 Å². The number of methoxy groups -OCH3 is 1. The molecule has 5 nitrogen and oxygen atoms in total. The number of para-hydroxylation sites is 1. The Morgan fingerprint density at radius 1 is 1.48 bits per heavy atom. The molecule has 1 N–H and O–H groups in total. The van der Waals surface area contributed by atoms with Crippen molar-refractivity contribution in [3.63, 3.8) is 0 Å². The maximum atomic E-state index is 12.3. The summed E-state index contributed by atoms with van der Waals surface area (Å²) in [7, 11) is 3.29. The van der Waals surface area contributed by atoms with Crippen molar-refractivity contribution in [3.05, 3.63) is 35.2 Å². The molecule has 1 aliphatic heterocycles. The van der Waals surface area contributed by atoms with E-state index in [0.29, 0.717) is 11.5 Å². The zero-order valence-corrected chi connectivity index (χ0v) is 13.1. The van der Waals surface area contributed by atoms with Crippen LogP contribution in [0.4, 0.5) is 5.69 Å². The largest absolute Gasteiger partial charge is 0.383 e. The highest BCUT2D eigenvalue weighted by Gasteiger charge is 2.26. The van der Waals surface area contributed by atoms with E-state index in [2.05, 4.69) is 5.32 Å². The molecule has 2 rings (SSSR count). The van der Waals surface area contributed by atoms with Crippen molar-refractivity contribution in [3.8, 4) is 0 Å². The number of ether oxygens (including phenoxy) is 1. The lowest BCUT2D eigenvalue weighted by molar-refractivity contribution is -0.118. The van der Waals surface area contributed by atoms with Gasteiger partial charge in [-0.2, -0.15) is 0 Å². The van der Waals surface area contributed by atoms with E-state index in [4.69, 9.17) is 4.74 Å². The summed E-state index contributed by atoms with van der Waals surface area (Å²) < 4.78 is 4.96. The first-order valence-corrected chi connectivity index (χ1v) is 7.40. The van der Waals surface area contributed by atoms with Crippen LogP contribution in [0.25, 0.3) is 0 Å². The smallest absolute Gasteiger partial charge is 0.265 e. The van der Waals surface area contributed by atoms with Crippen molar-refractivity contribution in [1.29, 1.82) is 0 Å². The van der Waals surface area contributed by atoms with Crippen molar-refractivity contribution in [1.82, 2.24) is 5.32 Å². The second kappa shape index (κ2) is 6.78. The predicted molar refractivity (Wildman–Crippen MR) is 83.3 cm³/mol. The Hall–Kier alpha value is -1.79. The average Bonchev–Trinajstić information content (AvgIpc) is 2.44. The molecule has 0 aromatic heterocycles. The van der Waals surface area contributed by atoms with E-state index in [1.165, 1.54) is 17.8 Å². The van der Waals surface area contributed by atoms with Gasteiger partial charge < -0.3 is 15.0 Å². The molecule has 0 saturated heterocycles. The Kier molecular flexibility index (Phi) is 5.03. The number of nitrogens with one attached hydrogen (secondary N) is 1. The fraction of sp³-hybridized carbons (Fsp3) is 0.333. The van der Waals surface area contributed by atoms with E-state index >= 15 is 0 Å². The number of likely N-dealkylation sites (N-methyl/N-ethyl adjacent to an activating group) is 1. The molecule has 0 aliphatic carbocycles. The number of thioether (sulfide) groups is 1. The van der Waals surface area contributed by atoms with Gasteiger partial charge in [0.1, 0.15) is 0 Å². The molecular weight excluding hydrogens is 288 g/mol. The molecule has 2 amide bonds. The lowest BCUT2D eigenvalue weighted by Gasteiger charge is -2.26. The van der Waals surface area contributed by atoms with Crippen LogP contribution in [0, 0.1) is 0 Å². The van der Waals surface area contributed by atoms with Gasteiger partial charge >= 0.3 is 0 Å². The van der Waals surface area contributed by atoms with Crippen LogP contribution >= 0.6 is 11.8 Å². The third-order valence-corrected chi connectivity index (χ3v) is 4.11. The van der Waals surface area contributed by atoms with Gasteiger partial charge in [-0.1, -0.05) is 23.9 Å². The molecule has 1 atom stereocenters. The highest BCUT2D eigenvalue weighted by molar-refractivity contribution is 8.04. The minimum Gasteiger partial charge on any atom is -0.383 e. The number of anilines is 1. The molecular formula is C15H18N2O3S. The summed E-state index contributed by atoms with van der Waals surface area (Å²) in [5.74, 6) is -0.462. The van der Waals surface area contributed by atoms with Gasteiger partial charge in [0.2, 0.25) is 5.91 Å². The van der Waals surface area contributed by atoms with Crippen molar-refractivity contribution >= 4 is 29.3 Å². The normalized spacial score (nSPS) is 17.6. The van der Waals surface area contributed by atoms with Gasteiger partial charge in [0.25, 0.3) is 5.91 Å². The minimum absolute atomic E-state index is 0.104. The van der Waals surface area contributed by atoms with E-state index in [9.17, 15) is 9.59 Å². The standard InChI is InChI=1S/C15H18N2O3S/c1-10(9-20-3)16-14(18)8-13-15(19)17(2)11-6-4-5-7-12(11)21-13/h4-8,10H,9H2,1-3H3,(H,16,18). The topological polar surface area (TPSA) is 58.6 Å². The molecule has 1 aromatic carbocycles. The van der Waals surface area contributed by atoms with Crippen LogP contribution in [0.5, 0.6) is 0 Å². The first-order valence-electron chi connectivity index (χ1n) is 6.59. The second-order valence-electron chi connectivity index (χ2n) is 4.81. The van der Waals surface area contributed by atoms with Crippen LogP contribution in [-0.2, 0) is 14.3 Å². The average molecular weight is 306 g/mol. The molecule has 0 fully saturated rings. The van der Waals surface area contributed by atoms with E-state index in [1.807, 2.05) is 31.2 Å². The third kappa shape index (κ3) is 3.65. The van der Waals surface area contributed by atoms with Gasteiger partial charge in [-0.15, -0.1) is 0 Å².